The molecule has 1 aromatic carbocycles. The molecule has 116 valence electrons. The highest BCUT2D eigenvalue weighted by atomic mass is 19.4. The maximum Gasteiger partial charge on any atom is 0.416 e. The number of benzene rings is 1. The molecule has 0 radical (unpaired) electrons. The van der Waals surface area contributed by atoms with Crippen molar-refractivity contribution in [1.29, 1.82) is 0 Å². The molecule has 2 atom stereocenters. The summed E-state index contributed by atoms with van der Waals surface area (Å²) in [4.78, 5) is 2.37. The predicted octanol–water partition coefficient (Wildman–Crippen LogP) is 3.54. The van der Waals surface area contributed by atoms with Crippen molar-refractivity contribution in [1.82, 2.24) is 4.90 Å². The van der Waals surface area contributed by atoms with E-state index in [1.807, 2.05) is 0 Å². The summed E-state index contributed by atoms with van der Waals surface area (Å²) in [6.07, 6.45) is 0.0244. The number of fused-ring (bicyclic) bond motifs is 1. The van der Waals surface area contributed by atoms with Gasteiger partial charge in [0.2, 0.25) is 0 Å². The largest absolute Gasteiger partial charge is 0.416 e. The van der Waals surface area contributed by atoms with Crippen molar-refractivity contribution in [2.45, 2.75) is 49.9 Å². The Balaban J connectivity index is 1.85. The Morgan fingerprint density at radius 3 is 2.76 bits per heavy atom. The van der Waals surface area contributed by atoms with Gasteiger partial charge >= 0.3 is 6.18 Å². The van der Waals surface area contributed by atoms with Gasteiger partial charge in [-0.05, 0) is 49.9 Å². The van der Waals surface area contributed by atoms with Crippen LogP contribution in [0.15, 0.2) is 24.3 Å². The highest BCUT2D eigenvalue weighted by molar-refractivity contribution is 5.30. The minimum Gasteiger partial charge on any atom is -0.385 e. The maximum atomic E-state index is 12.8. The van der Waals surface area contributed by atoms with E-state index < -0.39 is 17.3 Å². The first-order chi connectivity index (χ1) is 9.88. The van der Waals surface area contributed by atoms with Gasteiger partial charge in [-0.2, -0.15) is 13.2 Å². The lowest BCUT2D eigenvalue weighted by Crippen LogP contribution is -2.51. The predicted molar refractivity (Wildman–Crippen MR) is 73.8 cm³/mol. The van der Waals surface area contributed by atoms with Gasteiger partial charge in [-0.25, -0.2) is 0 Å². The van der Waals surface area contributed by atoms with Gasteiger partial charge in [0.15, 0.2) is 0 Å². The molecule has 0 amide bonds. The van der Waals surface area contributed by atoms with Crippen LogP contribution < -0.4 is 0 Å². The van der Waals surface area contributed by atoms with Crippen LogP contribution in [0.2, 0.25) is 0 Å². The molecule has 21 heavy (non-hydrogen) atoms. The van der Waals surface area contributed by atoms with Crippen LogP contribution in [-0.2, 0) is 11.8 Å². The molecule has 2 aliphatic heterocycles. The number of hydrogen-bond acceptors (Lipinski definition) is 2. The van der Waals surface area contributed by atoms with Crippen molar-refractivity contribution in [3.05, 3.63) is 35.4 Å². The highest BCUT2D eigenvalue weighted by Crippen LogP contribution is 2.40. The van der Waals surface area contributed by atoms with Crippen molar-refractivity contribution in [2.75, 3.05) is 13.1 Å². The van der Waals surface area contributed by atoms with Crippen molar-refractivity contribution in [3.63, 3.8) is 0 Å². The molecule has 2 aliphatic rings. The van der Waals surface area contributed by atoms with Crippen LogP contribution in [0.4, 0.5) is 13.2 Å². The minimum absolute atomic E-state index is 0.298. The molecule has 0 spiro atoms. The molecule has 1 aromatic rings. The normalized spacial score (nSPS) is 31.0. The molecular weight excluding hydrogens is 279 g/mol. The standard InChI is InChI=1S/C16H20F3NO/c17-16(18,19)13-5-3-4-12(10-13)15(21)7-9-20-8-2-1-6-14(20)11-15/h3-5,10,14,21H,1-2,6-9,11H2/t14?,15-/m0/s1. The number of hydrogen-bond donors (Lipinski definition) is 1. The fraction of sp³-hybridized carbons (Fsp3) is 0.625. The van der Waals surface area contributed by atoms with Crippen LogP contribution in [0.5, 0.6) is 0 Å². The molecule has 1 unspecified atom stereocenters. The fourth-order valence-electron chi connectivity index (χ4n) is 3.65. The zero-order valence-corrected chi connectivity index (χ0v) is 11.9. The Morgan fingerprint density at radius 2 is 2.00 bits per heavy atom. The summed E-state index contributed by atoms with van der Waals surface area (Å²) in [5, 5.41) is 10.9. The number of rotatable bonds is 1. The second-order valence-corrected chi connectivity index (χ2v) is 6.25. The molecule has 2 nitrogen and oxygen atoms in total. The van der Waals surface area contributed by atoms with E-state index in [0.717, 1.165) is 38.1 Å². The lowest BCUT2D eigenvalue weighted by atomic mass is 9.78. The lowest BCUT2D eigenvalue weighted by molar-refractivity contribution is -0.137. The van der Waals surface area contributed by atoms with Crippen molar-refractivity contribution >= 4 is 0 Å². The summed E-state index contributed by atoms with van der Waals surface area (Å²) < 4.78 is 38.5. The van der Waals surface area contributed by atoms with Gasteiger partial charge in [-0.3, -0.25) is 0 Å². The third kappa shape index (κ3) is 2.94. The Hall–Kier alpha value is -1.07. The van der Waals surface area contributed by atoms with Gasteiger partial charge in [0.25, 0.3) is 0 Å². The summed E-state index contributed by atoms with van der Waals surface area (Å²) in [5.41, 5.74) is -1.40. The molecule has 0 bridgehead atoms. The Kier molecular flexibility index (Phi) is 3.74. The Bertz CT molecular complexity index is 516. The van der Waals surface area contributed by atoms with Gasteiger partial charge in [0.1, 0.15) is 0 Å². The van der Waals surface area contributed by atoms with E-state index in [9.17, 15) is 18.3 Å². The molecule has 2 saturated heterocycles. The van der Waals surface area contributed by atoms with E-state index in [0.29, 0.717) is 24.4 Å². The molecular formula is C16H20F3NO. The monoisotopic (exact) mass is 299 g/mol. The fourth-order valence-corrected chi connectivity index (χ4v) is 3.65. The third-order valence-corrected chi connectivity index (χ3v) is 4.86. The second kappa shape index (κ2) is 5.29. The van der Waals surface area contributed by atoms with E-state index in [2.05, 4.69) is 4.90 Å². The van der Waals surface area contributed by atoms with Crippen molar-refractivity contribution < 1.29 is 18.3 Å². The number of aliphatic hydroxyl groups is 1. The Labute approximate surface area is 122 Å². The van der Waals surface area contributed by atoms with Gasteiger partial charge in [-0.1, -0.05) is 18.6 Å². The molecule has 0 saturated carbocycles. The van der Waals surface area contributed by atoms with E-state index in [-0.39, 0.29) is 0 Å². The summed E-state index contributed by atoms with van der Waals surface area (Å²) >= 11 is 0. The quantitative estimate of drug-likeness (QED) is 0.857. The third-order valence-electron chi connectivity index (χ3n) is 4.86. The first kappa shape index (κ1) is 14.9. The lowest BCUT2D eigenvalue weighted by Gasteiger charge is -2.46. The summed E-state index contributed by atoms with van der Waals surface area (Å²) in [6.45, 7) is 1.81. The molecule has 1 N–H and O–H groups in total. The van der Waals surface area contributed by atoms with Crippen LogP contribution >= 0.6 is 0 Å². The number of halogens is 3. The molecule has 2 heterocycles. The number of piperidine rings is 2. The van der Waals surface area contributed by atoms with Crippen molar-refractivity contribution in [3.8, 4) is 0 Å². The zero-order chi connectivity index (χ0) is 15.1. The molecule has 3 rings (SSSR count). The van der Waals surface area contributed by atoms with Crippen LogP contribution in [-0.4, -0.2) is 29.1 Å². The molecule has 5 heteroatoms. The van der Waals surface area contributed by atoms with Crippen LogP contribution in [0.3, 0.4) is 0 Å². The smallest absolute Gasteiger partial charge is 0.385 e. The second-order valence-electron chi connectivity index (χ2n) is 6.25. The summed E-state index contributed by atoms with van der Waals surface area (Å²) in [7, 11) is 0. The highest BCUT2D eigenvalue weighted by Gasteiger charge is 2.41. The van der Waals surface area contributed by atoms with Gasteiger partial charge in [0.05, 0.1) is 11.2 Å². The summed E-state index contributed by atoms with van der Waals surface area (Å²) in [6, 6.07) is 5.48. The summed E-state index contributed by atoms with van der Waals surface area (Å²) in [5.74, 6) is 0. The van der Waals surface area contributed by atoms with Crippen molar-refractivity contribution in [2.24, 2.45) is 0 Å². The van der Waals surface area contributed by atoms with Crippen LogP contribution in [0.25, 0.3) is 0 Å². The number of nitrogens with zero attached hydrogens (tertiary/aromatic N) is 1. The van der Waals surface area contributed by atoms with Gasteiger partial charge in [-0.15, -0.1) is 0 Å². The van der Waals surface area contributed by atoms with E-state index >= 15 is 0 Å². The minimum atomic E-state index is -4.36. The zero-order valence-electron chi connectivity index (χ0n) is 11.9. The average Bonchev–Trinajstić information content (AvgIpc) is 2.46. The van der Waals surface area contributed by atoms with Gasteiger partial charge < -0.3 is 10.0 Å². The topological polar surface area (TPSA) is 23.5 Å². The first-order valence-electron chi connectivity index (χ1n) is 7.53. The van der Waals surface area contributed by atoms with E-state index in [4.69, 9.17) is 0 Å². The van der Waals surface area contributed by atoms with Crippen LogP contribution in [0, 0.1) is 0 Å². The van der Waals surface area contributed by atoms with Crippen LogP contribution in [0.1, 0.15) is 43.2 Å². The molecule has 0 aromatic heterocycles. The number of alkyl halides is 3. The first-order valence-corrected chi connectivity index (χ1v) is 7.53. The molecule has 2 fully saturated rings. The molecule has 0 aliphatic carbocycles. The van der Waals surface area contributed by atoms with Gasteiger partial charge in [0, 0.05) is 12.6 Å². The maximum absolute atomic E-state index is 12.8. The Morgan fingerprint density at radius 1 is 1.19 bits per heavy atom. The van der Waals surface area contributed by atoms with E-state index in [1.54, 1.807) is 6.07 Å². The average molecular weight is 299 g/mol. The van der Waals surface area contributed by atoms with E-state index in [1.165, 1.54) is 12.5 Å². The SMILES string of the molecule is O[C@@]1(c2cccc(C(F)(F)F)c2)CCN2CCCCC2C1.